The van der Waals surface area contributed by atoms with E-state index in [4.69, 9.17) is 4.74 Å². The molecular weight excluding hydrogens is 1330 g/mol. The number of aromatic nitrogens is 11. The molecule has 0 spiro atoms. The Hall–Kier alpha value is -11.8. The molecule has 6 aliphatic heterocycles. The van der Waals surface area contributed by atoms with Gasteiger partial charge in [0.1, 0.15) is 28.9 Å². The van der Waals surface area contributed by atoms with Crippen molar-refractivity contribution in [2.45, 2.75) is 101 Å². The van der Waals surface area contributed by atoms with Crippen LogP contribution < -0.4 is 41.7 Å². The number of amides is 3. The van der Waals surface area contributed by atoms with Crippen LogP contribution in [0.15, 0.2) is 170 Å². The first kappa shape index (κ1) is 64.6. The monoisotopic (exact) mass is 1400 g/mol. The second kappa shape index (κ2) is 26.6. The number of ether oxygens (including phenoxy) is 1. The predicted molar refractivity (Wildman–Crippen MR) is 385 cm³/mol. The highest BCUT2D eigenvalue weighted by Gasteiger charge is 2.41. The smallest absolute Gasteiger partial charge is 0.254 e. The number of rotatable bonds is 14. The van der Waals surface area contributed by atoms with Crippen molar-refractivity contribution in [1.82, 2.24) is 69.0 Å². The summed E-state index contributed by atoms with van der Waals surface area (Å²) in [6.45, 7) is 5.72. The van der Waals surface area contributed by atoms with Gasteiger partial charge in [-0.2, -0.15) is 0 Å². The van der Waals surface area contributed by atoms with Crippen molar-refractivity contribution in [3.05, 3.63) is 205 Å². The van der Waals surface area contributed by atoms with E-state index in [0.29, 0.717) is 83.2 Å². The number of sulfone groups is 1. The number of aliphatic hydroxyl groups is 1. The molecule has 2 bridgehead atoms. The second-order valence-corrected chi connectivity index (χ2v) is 28.9. The lowest BCUT2D eigenvalue weighted by Crippen LogP contribution is -2.44. The molecule has 4 fully saturated rings. The predicted octanol–water partition coefficient (Wildman–Crippen LogP) is 10.4. The van der Waals surface area contributed by atoms with E-state index in [9.17, 15) is 32.3 Å². The van der Waals surface area contributed by atoms with Crippen molar-refractivity contribution in [1.29, 1.82) is 0 Å². The summed E-state index contributed by atoms with van der Waals surface area (Å²) in [5.74, 6) is 1.44. The number of imidazole rings is 3. The van der Waals surface area contributed by atoms with Crippen LogP contribution in [0.3, 0.4) is 0 Å². The number of fused-ring (bicyclic) bond motifs is 8. The Morgan fingerprint density at radius 2 is 1.04 bits per heavy atom. The van der Waals surface area contributed by atoms with Crippen LogP contribution in [0.5, 0.6) is 0 Å². The lowest BCUT2D eigenvalue weighted by Gasteiger charge is -2.38. The quantitative estimate of drug-likeness (QED) is 0.0532. The number of hydrogen-bond acceptors (Lipinski definition) is 20. The third-order valence-corrected chi connectivity index (χ3v) is 22.5. The van der Waals surface area contributed by atoms with Gasteiger partial charge in [-0.3, -0.25) is 37.6 Å². The van der Waals surface area contributed by atoms with Crippen LogP contribution in [0, 0.1) is 11.7 Å². The Morgan fingerprint density at radius 3 is 1.50 bits per heavy atom. The Bertz CT molecular complexity index is 5420. The van der Waals surface area contributed by atoms with Crippen molar-refractivity contribution < 1.29 is 37.0 Å². The topological polar surface area (TPSA) is 310 Å². The fourth-order valence-electron chi connectivity index (χ4n) is 15.4. The number of pyridine rings is 4. The zero-order chi connectivity index (χ0) is 70.0. The summed E-state index contributed by atoms with van der Waals surface area (Å²) in [5.41, 5.74) is 16.0. The Balaban J connectivity index is 0.000000115. The number of carbonyl (C=O) groups excluding carboxylic acids is 3. The van der Waals surface area contributed by atoms with Gasteiger partial charge in [-0.25, -0.2) is 42.7 Å². The third kappa shape index (κ3) is 12.3. The molecule has 7 aliphatic rings. The molecule has 3 saturated heterocycles. The molecule has 26 nitrogen and oxygen atoms in total. The fraction of sp³-hybridized carbons (Fsp3) is 0.267. The van der Waals surface area contributed by atoms with Crippen LogP contribution in [0.4, 0.5) is 50.3 Å². The molecule has 15 heterocycles. The first-order valence-electron chi connectivity index (χ1n) is 34.5. The lowest BCUT2D eigenvalue weighted by atomic mass is 9.87. The number of anilines is 8. The highest BCUT2D eigenvalue weighted by Crippen LogP contribution is 2.42. The van der Waals surface area contributed by atoms with Gasteiger partial charge in [0.15, 0.2) is 21.1 Å². The molecule has 103 heavy (non-hydrogen) atoms. The first-order chi connectivity index (χ1) is 50.2. The van der Waals surface area contributed by atoms with Crippen molar-refractivity contribution >= 4 is 90.4 Å². The number of morpholine rings is 1. The van der Waals surface area contributed by atoms with Crippen LogP contribution in [-0.2, 0) is 34.2 Å². The number of nitrogens with zero attached hydrogens (tertiary/aromatic N) is 13. The Kier molecular flexibility index (Phi) is 16.7. The molecule has 19 rings (SSSR count). The van der Waals surface area contributed by atoms with Crippen LogP contribution in [-0.4, -0.2) is 134 Å². The summed E-state index contributed by atoms with van der Waals surface area (Å²) in [7, 11) is -3.37. The van der Waals surface area contributed by atoms with E-state index in [1.807, 2.05) is 88.4 Å². The standard InChI is InChI=1S/C26H25N7O2.C25H22FN5O3S.C24H23N7O2/c34-18-9-15-1-2-16(10-18)33(15)17-3-6-23(28-11-17)31-21-5-4-19(20-12-30-26(35)25(20)21)22-13-29-24-14-27-7-8-32(22)24;26-16-8-9-31-21(13-28-23(31)10-16)18-5-6-20(24-19(18)12-29-25(24)32)30-22-7-4-17(11-27-22)35(33,34)14-15-2-1-3-15;1-15-14-33-9-8-30(15)16-2-5-21(26-10-16)29-19-4-3-17(18-11-28-24(32)23(18)19)20-12-27-22-13-25-6-7-31(20)22/h3-8,11,13-16,18,34H,1-2,9-10,12H2,(H,28,31)(H,30,35);4-11,13,15H,1-3,12,14H2,(H,27,30)(H,29,32);2-7,10,12-13,15H,8-9,11,14H2,1H3,(H,26,29)(H,28,32)/t15-,16+,18?;;15-/m..0/s1. The van der Waals surface area contributed by atoms with Gasteiger partial charge in [0, 0.05) is 104 Å². The third-order valence-electron chi connectivity index (χ3n) is 20.6. The Labute approximate surface area is 589 Å². The van der Waals surface area contributed by atoms with Gasteiger partial charge in [-0.05, 0) is 129 Å². The normalized spacial score (nSPS) is 18.8. The zero-order valence-corrected chi connectivity index (χ0v) is 56.7. The fourth-order valence-corrected chi connectivity index (χ4v) is 17.0. The largest absolute Gasteiger partial charge is 0.393 e. The SMILES string of the molecule is C[C@H]1COCCN1c1ccc(Nc2ccc(-c3cnc4cnccn34)c3c2C(=O)NC3)nc1.O=C1NCc2c(-c3cnc4cc(F)ccn34)ccc(Nc3ccc(S(=O)(=O)CC4CCC4)cn3)c21.O=C1NCc2c(-c3cnc4cnccn34)ccc(Nc3ccc(N4[C@@H]5CC[C@H]4CC(O)C5)cn3)c21. The Morgan fingerprint density at radius 1 is 0.553 bits per heavy atom. The summed E-state index contributed by atoms with van der Waals surface area (Å²) in [6, 6.07) is 26.6. The number of hydrogen-bond donors (Lipinski definition) is 7. The minimum Gasteiger partial charge on any atom is -0.393 e. The van der Waals surface area contributed by atoms with E-state index in [-0.39, 0.29) is 46.2 Å². The first-order valence-corrected chi connectivity index (χ1v) is 36.1. The molecule has 1 unspecified atom stereocenters. The zero-order valence-electron chi connectivity index (χ0n) is 55.9. The summed E-state index contributed by atoms with van der Waals surface area (Å²) in [4.78, 5) is 78.2. The van der Waals surface area contributed by atoms with E-state index in [2.05, 4.69) is 101 Å². The lowest BCUT2D eigenvalue weighted by molar-refractivity contribution is 0.0958. The van der Waals surface area contributed by atoms with Crippen molar-refractivity contribution in [3.8, 4) is 33.8 Å². The molecule has 1 aliphatic carbocycles. The van der Waals surface area contributed by atoms with Crippen molar-refractivity contribution in [2.24, 2.45) is 5.92 Å². The summed E-state index contributed by atoms with van der Waals surface area (Å²) >= 11 is 0. The van der Waals surface area contributed by atoms with Gasteiger partial charge in [0.05, 0.1) is 136 Å². The highest BCUT2D eigenvalue weighted by molar-refractivity contribution is 7.91. The van der Waals surface area contributed by atoms with Gasteiger partial charge in [-0.1, -0.05) is 24.6 Å². The van der Waals surface area contributed by atoms with Crippen LogP contribution >= 0.6 is 0 Å². The average Bonchev–Trinajstić information content (AvgIpc) is 1.65. The number of nitrogens with one attached hydrogen (secondary N) is 6. The van der Waals surface area contributed by atoms with E-state index in [1.165, 1.54) is 18.3 Å². The number of piperidine rings is 1. The van der Waals surface area contributed by atoms with Gasteiger partial charge in [0.2, 0.25) is 0 Å². The average molecular weight is 1400 g/mol. The molecule has 0 radical (unpaired) electrons. The summed E-state index contributed by atoms with van der Waals surface area (Å²) in [6.07, 6.45) is 29.4. The maximum absolute atomic E-state index is 13.6. The molecule has 28 heteroatoms. The summed E-state index contributed by atoms with van der Waals surface area (Å²) < 4.78 is 50.1. The number of benzene rings is 3. The molecule has 12 aromatic rings. The molecule has 3 aromatic carbocycles. The molecule has 9 aromatic heterocycles. The summed E-state index contributed by atoms with van der Waals surface area (Å²) in [5, 5.41) is 28.7. The number of halogens is 1. The van der Waals surface area contributed by atoms with Crippen molar-refractivity contribution in [3.63, 3.8) is 0 Å². The van der Waals surface area contributed by atoms with E-state index in [1.54, 1.807) is 59.8 Å². The maximum Gasteiger partial charge on any atom is 0.254 e. The molecular formula is C75H70FN19O7S. The molecule has 520 valence electrons. The molecule has 1 saturated carbocycles. The number of aliphatic hydroxyl groups excluding tert-OH is 1. The van der Waals surface area contributed by atoms with Crippen LogP contribution in [0.25, 0.3) is 50.7 Å². The van der Waals surface area contributed by atoms with E-state index in [0.717, 1.165) is 149 Å². The van der Waals surface area contributed by atoms with Gasteiger partial charge >= 0.3 is 0 Å². The van der Waals surface area contributed by atoms with Crippen molar-refractivity contribution in [2.75, 3.05) is 51.3 Å². The van der Waals surface area contributed by atoms with E-state index < -0.39 is 9.84 Å². The van der Waals surface area contributed by atoms with Crippen LogP contribution in [0.1, 0.15) is 99.6 Å². The highest BCUT2D eigenvalue weighted by atomic mass is 32.2. The minimum absolute atomic E-state index is 0.0939. The minimum atomic E-state index is -3.37. The van der Waals surface area contributed by atoms with E-state index >= 15 is 0 Å². The second-order valence-electron chi connectivity index (χ2n) is 26.9. The van der Waals surface area contributed by atoms with Gasteiger partial charge in [0.25, 0.3) is 17.7 Å². The molecule has 3 amide bonds. The molecule has 4 atom stereocenters. The van der Waals surface area contributed by atoms with Crippen LogP contribution in [0.2, 0.25) is 0 Å². The molecule has 7 N–H and O–H groups in total. The number of carbonyl (C=O) groups is 3. The maximum atomic E-state index is 13.6. The van der Waals surface area contributed by atoms with Gasteiger partial charge in [-0.15, -0.1) is 0 Å². The van der Waals surface area contributed by atoms with Gasteiger partial charge < -0.3 is 51.5 Å².